The van der Waals surface area contributed by atoms with Crippen molar-refractivity contribution in [2.24, 2.45) is 0 Å². The van der Waals surface area contributed by atoms with Gasteiger partial charge in [-0.2, -0.15) is 0 Å². The molecule has 41 heavy (non-hydrogen) atoms. The summed E-state index contributed by atoms with van der Waals surface area (Å²) >= 11 is 12.6. The maximum Gasteiger partial charge on any atom is 0.306 e. The van der Waals surface area contributed by atoms with Crippen molar-refractivity contribution < 1.29 is 9.53 Å². The number of nitrogens with two attached hydrogens (primary N) is 1. The maximum atomic E-state index is 11.9. The topological polar surface area (TPSA) is 105 Å². The van der Waals surface area contributed by atoms with Crippen LogP contribution in [-0.2, 0) is 22.6 Å². The van der Waals surface area contributed by atoms with Crippen LogP contribution < -0.4 is 16.4 Å². The van der Waals surface area contributed by atoms with Gasteiger partial charge in [-0.3, -0.25) is 9.69 Å². The number of carbonyl (C=O) groups is 1. The van der Waals surface area contributed by atoms with Gasteiger partial charge >= 0.3 is 5.97 Å². The summed E-state index contributed by atoms with van der Waals surface area (Å²) in [5.41, 5.74) is 9.38. The molecule has 1 aliphatic heterocycles. The summed E-state index contributed by atoms with van der Waals surface area (Å²) in [7, 11) is 0. The Kier molecular flexibility index (Phi) is 10.8. The lowest BCUT2D eigenvalue weighted by Crippen LogP contribution is -2.50. The summed E-state index contributed by atoms with van der Waals surface area (Å²) in [6.45, 7) is 9.93. The van der Waals surface area contributed by atoms with Crippen LogP contribution in [0.4, 0.5) is 11.6 Å². The highest BCUT2D eigenvalue weighted by Crippen LogP contribution is 2.27. The van der Waals surface area contributed by atoms with Crippen molar-refractivity contribution in [2.45, 2.75) is 71.2 Å². The molecule has 0 bridgehead atoms. The molecule has 220 valence electrons. The van der Waals surface area contributed by atoms with Crippen molar-refractivity contribution in [3.8, 4) is 11.3 Å². The van der Waals surface area contributed by atoms with Crippen LogP contribution in [0.2, 0.25) is 10.0 Å². The Bertz CT molecular complexity index is 1290. The minimum Gasteiger partial charge on any atom is -0.460 e. The molecule has 0 spiro atoms. The minimum atomic E-state index is -0.420. The van der Waals surface area contributed by atoms with Gasteiger partial charge in [-0.15, -0.1) is 0 Å². The van der Waals surface area contributed by atoms with Gasteiger partial charge in [0, 0.05) is 66.4 Å². The molecule has 1 fully saturated rings. The number of rotatable bonds is 11. The molecule has 0 saturated carbocycles. The van der Waals surface area contributed by atoms with Gasteiger partial charge in [-0.1, -0.05) is 60.0 Å². The first kappa shape index (κ1) is 31.0. The number of carbonyl (C=O) groups excluding carboxylic acids is 1. The molecule has 2 heterocycles. The number of nitrogens with one attached hydrogen (secondary N) is 2. The molecule has 1 saturated heterocycles. The number of piperazine rings is 1. The Labute approximate surface area is 253 Å². The summed E-state index contributed by atoms with van der Waals surface area (Å²) in [4.78, 5) is 23.5. The summed E-state index contributed by atoms with van der Waals surface area (Å²) in [6, 6.07) is 14.3. The van der Waals surface area contributed by atoms with E-state index >= 15 is 0 Å². The summed E-state index contributed by atoms with van der Waals surface area (Å²) in [6.07, 6.45) is 5.07. The molecule has 8 nitrogen and oxygen atoms in total. The average molecular weight is 600 g/mol. The number of hydrogen-bond acceptors (Lipinski definition) is 8. The van der Waals surface area contributed by atoms with E-state index in [1.165, 1.54) is 5.56 Å². The van der Waals surface area contributed by atoms with Crippen molar-refractivity contribution in [2.75, 3.05) is 30.7 Å². The summed E-state index contributed by atoms with van der Waals surface area (Å²) in [5.74, 6) is 0.686. The number of halogens is 2. The molecular weight excluding hydrogens is 559 g/mol. The number of hydrogen-bond donors (Lipinski definition) is 3. The van der Waals surface area contributed by atoms with Crippen LogP contribution in [-0.4, -0.2) is 52.1 Å². The lowest BCUT2D eigenvalue weighted by atomic mass is 10.0. The highest BCUT2D eigenvalue weighted by Gasteiger charge is 2.20. The third-order valence-corrected chi connectivity index (χ3v) is 7.60. The molecule has 0 amide bonds. The van der Waals surface area contributed by atoms with E-state index in [2.05, 4.69) is 44.8 Å². The highest BCUT2D eigenvalue weighted by atomic mass is 35.5. The fourth-order valence-corrected chi connectivity index (χ4v) is 5.39. The third-order valence-electron chi connectivity index (χ3n) is 6.89. The van der Waals surface area contributed by atoms with Gasteiger partial charge in [0.2, 0.25) is 0 Å². The second-order valence-corrected chi connectivity index (χ2v) is 12.3. The van der Waals surface area contributed by atoms with Crippen molar-refractivity contribution in [1.29, 1.82) is 0 Å². The average Bonchev–Trinajstić information content (AvgIpc) is 2.91. The molecule has 1 unspecified atom stereocenters. The lowest BCUT2D eigenvalue weighted by molar-refractivity contribution is -0.154. The molecule has 3 aromatic rings. The smallest absolute Gasteiger partial charge is 0.306 e. The Morgan fingerprint density at radius 2 is 1.88 bits per heavy atom. The Morgan fingerprint density at radius 3 is 2.59 bits per heavy atom. The van der Waals surface area contributed by atoms with Crippen molar-refractivity contribution in [3.05, 3.63) is 69.8 Å². The number of benzene rings is 2. The first-order valence-electron chi connectivity index (χ1n) is 14.1. The van der Waals surface area contributed by atoms with E-state index in [-0.39, 0.29) is 5.97 Å². The number of ether oxygens (including phenoxy) is 1. The summed E-state index contributed by atoms with van der Waals surface area (Å²) < 4.78 is 5.41. The molecule has 0 aliphatic carbocycles. The highest BCUT2D eigenvalue weighted by molar-refractivity contribution is 6.36. The SMILES string of the molecule is CC(C)(C)OC(=O)CCCCC1CN(Cc2ccc(-c3cnc(N)c(NCc4c(Cl)cccc4Cl)n3)cc2)CCN1. The fraction of sp³-hybridized carbons (Fsp3) is 0.452. The number of aromatic nitrogens is 2. The van der Waals surface area contributed by atoms with E-state index in [1.54, 1.807) is 18.3 Å². The van der Waals surface area contributed by atoms with Gasteiger partial charge in [0.25, 0.3) is 0 Å². The van der Waals surface area contributed by atoms with E-state index < -0.39 is 5.60 Å². The van der Waals surface area contributed by atoms with Crippen LogP contribution in [0.5, 0.6) is 0 Å². The third kappa shape index (κ3) is 9.57. The molecule has 2 aromatic carbocycles. The van der Waals surface area contributed by atoms with Crippen molar-refractivity contribution in [1.82, 2.24) is 20.2 Å². The number of nitrogen functional groups attached to an aromatic ring is 1. The molecule has 1 aromatic heterocycles. The van der Waals surface area contributed by atoms with Crippen LogP contribution >= 0.6 is 23.2 Å². The number of unbranched alkanes of at least 4 members (excludes halogenated alkanes) is 1. The second-order valence-electron chi connectivity index (χ2n) is 11.5. The lowest BCUT2D eigenvalue weighted by Gasteiger charge is -2.34. The Morgan fingerprint density at radius 1 is 1.15 bits per heavy atom. The molecule has 0 radical (unpaired) electrons. The van der Waals surface area contributed by atoms with E-state index in [9.17, 15) is 4.79 Å². The number of esters is 1. The molecule has 1 atom stereocenters. The zero-order valence-corrected chi connectivity index (χ0v) is 25.6. The molecular formula is C31H40Cl2N6O2. The zero-order chi connectivity index (χ0) is 29.4. The fourth-order valence-electron chi connectivity index (χ4n) is 4.86. The molecule has 4 N–H and O–H groups in total. The second kappa shape index (κ2) is 14.3. The van der Waals surface area contributed by atoms with Crippen LogP contribution in [0.15, 0.2) is 48.7 Å². The predicted molar refractivity (Wildman–Crippen MR) is 167 cm³/mol. The number of nitrogens with zero attached hydrogens (tertiary/aromatic N) is 3. The molecule has 1 aliphatic rings. The van der Waals surface area contributed by atoms with E-state index in [1.807, 2.05) is 26.8 Å². The van der Waals surface area contributed by atoms with Gasteiger partial charge in [0.05, 0.1) is 11.9 Å². The number of anilines is 2. The van der Waals surface area contributed by atoms with Crippen molar-refractivity contribution >= 4 is 40.8 Å². The monoisotopic (exact) mass is 598 g/mol. The zero-order valence-electron chi connectivity index (χ0n) is 24.1. The Balaban J connectivity index is 1.28. The first-order valence-corrected chi connectivity index (χ1v) is 14.9. The van der Waals surface area contributed by atoms with Gasteiger partial charge in [0.15, 0.2) is 11.6 Å². The van der Waals surface area contributed by atoms with Crippen LogP contribution in [0.3, 0.4) is 0 Å². The van der Waals surface area contributed by atoms with Gasteiger partial charge < -0.3 is 21.1 Å². The van der Waals surface area contributed by atoms with Gasteiger partial charge in [0.1, 0.15) is 5.60 Å². The van der Waals surface area contributed by atoms with E-state index in [0.717, 1.165) is 62.3 Å². The van der Waals surface area contributed by atoms with E-state index in [0.29, 0.717) is 40.7 Å². The maximum absolute atomic E-state index is 11.9. The molecule has 4 rings (SSSR count). The largest absolute Gasteiger partial charge is 0.460 e. The quantitative estimate of drug-likeness (QED) is 0.174. The van der Waals surface area contributed by atoms with Crippen LogP contribution in [0, 0.1) is 0 Å². The predicted octanol–water partition coefficient (Wildman–Crippen LogP) is 6.32. The van der Waals surface area contributed by atoms with Crippen molar-refractivity contribution in [3.63, 3.8) is 0 Å². The Hall–Kier alpha value is -2.91. The van der Waals surface area contributed by atoms with Crippen LogP contribution in [0.25, 0.3) is 11.3 Å². The standard InChI is InChI=1S/C31H40Cl2N6O2/c1-31(2,3)41-28(40)10-5-4-7-23-20-39(16-15-35-23)19-21-11-13-22(14-12-21)27-18-36-29(34)30(38-27)37-17-24-25(32)8-6-9-26(24)33/h6,8-9,11-14,18,23,35H,4-5,7,10,15-17,19-20H2,1-3H3,(H2,34,36)(H,37,38). The first-order chi connectivity index (χ1) is 19.6. The van der Waals surface area contributed by atoms with Crippen LogP contribution in [0.1, 0.15) is 57.6 Å². The van der Waals surface area contributed by atoms with Gasteiger partial charge in [-0.25, -0.2) is 9.97 Å². The van der Waals surface area contributed by atoms with Gasteiger partial charge in [-0.05, 0) is 51.3 Å². The minimum absolute atomic E-state index is 0.112. The molecule has 10 heteroatoms. The van der Waals surface area contributed by atoms with E-state index in [4.69, 9.17) is 38.7 Å². The normalized spacial score (nSPS) is 16.0. The summed E-state index contributed by atoms with van der Waals surface area (Å²) in [5, 5.41) is 8.01.